The van der Waals surface area contributed by atoms with E-state index in [1.807, 2.05) is 0 Å². The van der Waals surface area contributed by atoms with Gasteiger partial charge in [0.05, 0.1) is 6.07 Å². The molecule has 0 aromatic heterocycles. The minimum Gasteiger partial charge on any atom is -0.481 e. The van der Waals surface area contributed by atoms with Crippen LogP contribution in [-0.2, 0) is 4.79 Å². The van der Waals surface area contributed by atoms with Gasteiger partial charge in [0, 0.05) is 32.2 Å². The standard InChI is InChI=1S/C18H29Br4NO2/c19-14(9-5-2-1-3-7-11-18(24)25)16(21)13-17(22)15(20)10-6-4-8-12-23/h14-17H,1-11,13H2,(H,24,25). The van der Waals surface area contributed by atoms with Crippen molar-refractivity contribution in [2.45, 2.75) is 96.4 Å². The number of unbranched alkanes of at least 4 members (excludes halogenated alkanes) is 6. The molecule has 7 heteroatoms. The van der Waals surface area contributed by atoms with E-state index in [1.54, 1.807) is 0 Å². The Kier molecular flexibility index (Phi) is 17.6. The lowest BCUT2D eigenvalue weighted by Gasteiger charge is -2.23. The molecule has 25 heavy (non-hydrogen) atoms. The monoisotopic (exact) mass is 607 g/mol. The second kappa shape index (κ2) is 17.0. The van der Waals surface area contributed by atoms with Gasteiger partial charge in [-0.25, -0.2) is 0 Å². The molecule has 0 heterocycles. The van der Waals surface area contributed by atoms with Crippen molar-refractivity contribution in [3.63, 3.8) is 0 Å². The second-order valence-corrected chi connectivity index (χ2v) is 11.1. The average Bonchev–Trinajstić information content (AvgIpc) is 2.56. The number of halogens is 4. The highest BCUT2D eigenvalue weighted by Gasteiger charge is 2.23. The van der Waals surface area contributed by atoms with Gasteiger partial charge in [-0.2, -0.15) is 5.26 Å². The van der Waals surface area contributed by atoms with Gasteiger partial charge in [-0.15, -0.1) is 0 Å². The van der Waals surface area contributed by atoms with Crippen molar-refractivity contribution in [1.29, 1.82) is 5.26 Å². The number of nitrogens with zero attached hydrogens (tertiary/aromatic N) is 1. The van der Waals surface area contributed by atoms with Gasteiger partial charge < -0.3 is 5.11 Å². The van der Waals surface area contributed by atoms with E-state index < -0.39 is 5.97 Å². The number of carboxylic acids is 1. The molecule has 0 rings (SSSR count). The second-order valence-electron chi connectivity index (χ2n) is 6.40. The Balaban J connectivity index is 3.76. The third-order valence-electron chi connectivity index (χ3n) is 4.12. The lowest BCUT2D eigenvalue weighted by Crippen LogP contribution is -2.23. The molecule has 146 valence electrons. The molecule has 0 aromatic rings. The van der Waals surface area contributed by atoms with Crippen LogP contribution in [0.3, 0.4) is 0 Å². The molecule has 0 aliphatic heterocycles. The molecule has 0 amide bonds. The van der Waals surface area contributed by atoms with Crippen LogP contribution in [-0.4, -0.2) is 30.4 Å². The summed E-state index contributed by atoms with van der Waals surface area (Å²) in [6.45, 7) is 0. The zero-order chi connectivity index (χ0) is 19.1. The molecule has 0 bridgehead atoms. The highest BCUT2D eigenvalue weighted by molar-refractivity contribution is 9.13. The van der Waals surface area contributed by atoms with Gasteiger partial charge in [0.25, 0.3) is 0 Å². The third kappa shape index (κ3) is 15.6. The molecule has 0 fully saturated rings. The summed E-state index contributed by atoms with van der Waals surface area (Å²) < 4.78 is 0. The fraction of sp³-hybridized carbons (Fsp3) is 0.889. The maximum Gasteiger partial charge on any atom is 0.303 e. The Bertz CT molecular complexity index is 390. The Morgan fingerprint density at radius 1 is 0.800 bits per heavy atom. The first-order valence-electron chi connectivity index (χ1n) is 9.03. The molecule has 4 unspecified atom stereocenters. The van der Waals surface area contributed by atoms with Gasteiger partial charge in [-0.3, -0.25) is 4.79 Å². The number of nitriles is 1. The van der Waals surface area contributed by atoms with E-state index in [-0.39, 0.29) is 0 Å². The third-order valence-corrected chi connectivity index (χ3v) is 9.76. The fourth-order valence-corrected chi connectivity index (χ4v) is 5.48. The number of alkyl halides is 4. The van der Waals surface area contributed by atoms with Crippen LogP contribution in [0.2, 0.25) is 0 Å². The molecule has 4 atom stereocenters. The summed E-state index contributed by atoms with van der Waals surface area (Å²) >= 11 is 15.2. The SMILES string of the molecule is N#CCCCCC(Br)C(Br)CC(Br)C(Br)CCCCCCCC(=O)O. The zero-order valence-electron chi connectivity index (χ0n) is 14.6. The minimum atomic E-state index is -0.692. The first kappa shape index (κ1) is 25.9. The van der Waals surface area contributed by atoms with Crippen molar-refractivity contribution in [1.82, 2.24) is 0 Å². The van der Waals surface area contributed by atoms with Crippen LogP contribution in [0.5, 0.6) is 0 Å². The zero-order valence-corrected chi connectivity index (χ0v) is 21.0. The summed E-state index contributed by atoms with van der Waals surface area (Å²) in [5.74, 6) is -0.692. The average molecular weight is 611 g/mol. The Morgan fingerprint density at radius 2 is 1.28 bits per heavy atom. The van der Waals surface area contributed by atoms with Gasteiger partial charge in [-0.1, -0.05) is 95.8 Å². The molecule has 0 saturated heterocycles. The summed E-state index contributed by atoms with van der Waals surface area (Å²) in [4.78, 5) is 12.2. The smallest absolute Gasteiger partial charge is 0.303 e. The Hall–Kier alpha value is 0.880. The molecule has 0 radical (unpaired) electrons. The number of hydrogen-bond acceptors (Lipinski definition) is 2. The van der Waals surface area contributed by atoms with Crippen LogP contribution in [0.4, 0.5) is 0 Å². The first-order chi connectivity index (χ1) is 11.9. The minimum absolute atomic E-state index is 0.293. The van der Waals surface area contributed by atoms with Crippen LogP contribution < -0.4 is 0 Å². The van der Waals surface area contributed by atoms with Crippen molar-refractivity contribution >= 4 is 69.7 Å². The Labute approximate surface area is 186 Å². The van der Waals surface area contributed by atoms with Gasteiger partial charge in [0.2, 0.25) is 0 Å². The van der Waals surface area contributed by atoms with Crippen molar-refractivity contribution in [2.75, 3.05) is 0 Å². The van der Waals surface area contributed by atoms with Crippen LogP contribution in [0, 0.1) is 11.3 Å². The van der Waals surface area contributed by atoms with Crippen LogP contribution in [0.15, 0.2) is 0 Å². The fourth-order valence-electron chi connectivity index (χ4n) is 2.56. The van der Waals surface area contributed by atoms with E-state index in [2.05, 4.69) is 69.8 Å². The van der Waals surface area contributed by atoms with Crippen molar-refractivity contribution in [2.24, 2.45) is 0 Å². The lowest BCUT2D eigenvalue weighted by molar-refractivity contribution is -0.137. The molecule has 0 spiro atoms. The van der Waals surface area contributed by atoms with Crippen LogP contribution in [0.1, 0.15) is 77.0 Å². The molecule has 0 saturated carbocycles. The van der Waals surface area contributed by atoms with Gasteiger partial charge in [0.1, 0.15) is 0 Å². The van der Waals surface area contributed by atoms with E-state index in [9.17, 15) is 4.79 Å². The van der Waals surface area contributed by atoms with Gasteiger partial charge in [-0.05, 0) is 32.1 Å². The van der Waals surface area contributed by atoms with E-state index >= 15 is 0 Å². The molecule has 0 aliphatic carbocycles. The summed E-state index contributed by atoms with van der Waals surface area (Å²) in [6, 6.07) is 2.19. The number of aliphatic carboxylic acids is 1. The van der Waals surface area contributed by atoms with Crippen LogP contribution in [0.25, 0.3) is 0 Å². The number of hydrogen-bond donors (Lipinski definition) is 1. The van der Waals surface area contributed by atoms with E-state index in [4.69, 9.17) is 10.4 Å². The van der Waals surface area contributed by atoms with Gasteiger partial charge in [0.15, 0.2) is 0 Å². The molecule has 0 aliphatic rings. The highest BCUT2D eigenvalue weighted by atomic mass is 79.9. The van der Waals surface area contributed by atoms with Crippen LogP contribution >= 0.6 is 63.7 Å². The van der Waals surface area contributed by atoms with Crippen molar-refractivity contribution in [3.05, 3.63) is 0 Å². The lowest BCUT2D eigenvalue weighted by atomic mass is 10.0. The maximum atomic E-state index is 10.4. The number of carbonyl (C=O) groups is 1. The normalized spacial score (nSPS) is 16.0. The number of carboxylic acid groups (broad SMARTS) is 1. The summed E-state index contributed by atoms with van der Waals surface area (Å²) in [5, 5.41) is 17.2. The predicted octanol–water partition coefficient (Wildman–Crippen LogP) is 7.33. The predicted molar refractivity (Wildman–Crippen MR) is 120 cm³/mol. The molecule has 0 aromatic carbocycles. The molecule has 1 N–H and O–H groups in total. The summed E-state index contributed by atoms with van der Waals surface area (Å²) in [5.41, 5.74) is 0. The van der Waals surface area contributed by atoms with E-state index in [0.717, 1.165) is 51.4 Å². The molecule has 3 nitrogen and oxygen atoms in total. The quantitative estimate of drug-likeness (QED) is 0.147. The van der Waals surface area contributed by atoms with Crippen molar-refractivity contribution < 1.29 is 9.90 Å². The largest absolute Gasteiger partial charge is 0.481 e. The number of rotatable bonds is 16. The first-order valence-corrected chi connectivity index (χ1v) is 12.7. The van der Waals surface area contributed by atoms with Crippen molar-refractivity contribution in [3.8, 4) is 6.07 Å². The topological polar surface area (TPSA) is 61.1 Å². The maximum absolute atomic E-state index is 10.4. The highest BCUT2D eigenvalue weighted by Crippen LogP contribution is 2.31. The van der Waals surface area contributed by atoms with E-state index in [0.29, 0.717) is 32.2 Å². The summed E-state index contributed by atoms with van der Waals surface area (Å²) in [7, 11) is 0. The molecular weight excluding hydrogens is 582 g/mol. The van der Waals surface area contributed by atoms with Gasteiger partial charge >= 0.3 is 5.97 Å². The molecular formula is C18H29Br4NO2. The van der Waals surface area contributed by atoms with E-state index in [1.165, 1.54) is 12.8 Å². The summed E-state index contributed by atoms with van der Waals surface area (Å²) in [6.07, 6.45) is 11.5. The Morgan fingerprint density at radius 3 is 1.80 bits per heavy atom.